The summed E-state index contributed by atoms with van der Waals surface area (Å²) in [4.78, 5) is 27.7. The van der Waals surface area contributed by atoms with E-state index in [9.17, 15) is 9.59 Å². The van der Waals surface area contributed by atoms with Gasteiger partial charge in [-0.25, -0.2) is 0 Å². The lowest BCUT2D eigenvalue weighted by Crippen LogP contribution is -2.52. The number of hydrogen-bond donors (Lipinski definition) is 1. The molecule has 3 fully saturated rings. The third kappa shape index (κ3) is 3.02. The molecule has 0 radical (unpaired) electrons. The number of carbonyl (C=O) groups is 2. The zero-order valence-corrected chi connectivity index (χ0v) is 13.9. The highest BCUT2D eigenvalue weighted by Gasteiger charge is 2.58. The van der Waals surface area contributed by atoms with Crippen LogP contribution in [0.25, 0.3) is 0 Å². The summed E-state index contributed by atoms with van der Waals surface area (Å²) in [5.41, 5.74) is -0.706. The third-order valence-electron chi connectivity index (χ3n) is 5.89. The number of amides is 2. The highest BCUT2D eigenvalue weighted by Crippen LogP contribution is 2.48. The Hall–Kier alpha value is -1.06. The average molecular weight is 306 g/mol. The minimum absolute atomic E-state index is 0.0184. The first-order valence-corrected chi connectivity index (χ1v) is 9.29. The molecule has 2 amide bonds. The molecule has 3 aliphatic rings. The molecule has 1 atom stereocenters. The van der Waals surface area contributed by atoms with E-state index in [0.717, 1.165) is 51.5 Å². The molecule has 1 heterocycles. The molecule has 4 nitrogen and oxygen atoms in total. The van der Waals surface area contributed by atoms with Crippen molar-refractivity contribution in [3.63, 3.8) is 0 Å². The van der Waals surface area contributed by atoms with E-state index in [-0.39, 0.29) is 11.8 Å². The molecule has 0 aromatic heterocycles. The summed E-state index contributed by atoms with van der Waals surface area (Å²) >= 11 is 0. The maximum absolute atomic E-state index is 13.0. The molecule has 1 N–H and O–H groups in total. The van der Waals surface area contributed by atoms with Crippen LogP contribution < -0.4 is 5.32 Å². The van der Waals surface area contributed by atoms with Gasteiger partial charge >= 0.3 is 0 Å². The molecule has 2 saturated carbocycles. The van der Waals surface area contributed by atoms with Crippen LogP contribution in [0, 0.1) is 5.41 Å². The quantitative estimate of drug-likeness (QED) is 0.812. The van der Waals surface area contributed by atoms with Crippen molar-refractivity contribution < 1.29 is 9.59 Å². The van der Waals surface area contributed by atoms with Crippen LogP contribution in [0.2, 0.25) is 0 Å². The number of piperidine rings is 1. The number of nitrogens with zero attached hydrogens (tertiary/aromatic N) is 1. The third-order valence-corrected chi connectivity index (χ3v) is 5.89. The van der Waals surface area contributed by atoms with E-state index in [1.54, 1.807) is 0 Å². The van der Waals surface area contributed by atoms with Gasteiger partial charge in [0.25, 0.3) is 0 Å². The molecule has 2 aliphatic carbocycles. The van der Waals surface area contributed by atoms with E-state index in [4.69, 9.17) is 0 Å². The van der Waals surface area contributed by atoms with Crippen molar-refractivity contribution in [3.05, 3.63) is 0 Å². The monoisotopic (exact) mass is 306 g/mol. The number of rotatable bonds is 4. The average Bonchev–Trinajstić information content (AvgIpc) is 3.37. The predicted octanol–water partition coefficient (Wildman–Crippen LogP) is 3.01. The smallest absolute Gasteiger partial charge is 0.238 e. The molecule has 1 saturated heterocycles. The highest BCUT2D eigenvalue weighted by atomic mass is 16.2. The van der Waals surface area contributed by atoms with Crippen molar-refractivity contribution in [1.82, 2.24) is 10.2 Å². The Morgan fingerprint density at radius 1 is 1.05 bits per heavy atom. The van der Waals surface area contributed by atoms with Gasteiger partial charge in [-0.2, -0.15) is 0 Å². The van der Waals surface area contributed by atoms with E-state index < -0.39 is 5.41 Å². The minimum Gasteiger partial charge on any atom is -0.352 e. The van der Waals surface area contributed by atoms with Gasteiger partial charge < -0.3 is 10.2 Å². The summed E-state index contributed by atoms with van der Waals surface area (Å²) in [5.74, 6) is 0.136. The zero-order chi connectivity index (χ0) is 15.6. The van der Waals surface area contributed by atoms with Crippen molar-refractivity contribution in [3.8, 4) is 0 Å². The lowest BCUT2D eigenvalue weighted by molar-refractivity contribution is -0.147. The van der Waals surface area contributed by atoms with Crippen LogP contribution in [0.15, 0.2) is 0 Å². The normalized spacial score (nSPS) is 28.2. The van der Waals surface area contributed by atoms with Gasteiger partial charge in [-0.15, -0.1) is 0 Å². The Bertz CT molecular complexity index is 425. The number of nitrogens with one attached hydrogen (secondary N) is 1. The number of hydrogen-bond acceptors (Lipinski definition) is 2. The van der Waals surface area contributed by atoms with Gasteiger partial charge in [0.15, 0.2) is 0 Å². The van der Waals surface area contributed by atoms with Crippen molar-refractivity contribution in [1.29, 1.82) is 0 Å². The fraction of sp³-hybridized carbons (Fsp3) is 0.889. The molecule has 4 heteroatoms. The molecule has 0 aromatic rings. The predicted molar refractivity (Wildman–Crippen MR) is 86.3 cm³/mol. The first-order chi connectivity index (χ1) is 10.7. The zero-order valence-electron chi connectivity index (χ0n) is 13.9. The second kappa shape index (κ2) is 6.59. The summed E-state index contributed by atoms with van der Waals surface area (Å²) in [6, 6.07) is 0.649. The minimum atomic E-state index is -0.706. The van der Waals surface area contributed by atoms with Gasteiger partial charge in [0.05, 0.1) is 0 Å². The van der Waals surface area contributed by atoms with E-state index in [1.807, 2.05) is 4.90 Å². The first-order valence-electron chi connectivity index (χ1n) is 9.29. The Kier molecular flexibility index (Phi) is 4.74. The molecule has 1 aliphatic heterocycles. The largest absolute Gasteiger partial charge is 0.352 e. The Morgan fingerprint density at radius 3 is 2.36 bits per heavy atom. The molecule has 124 valence electrons. The summed E-state index contributed by atoms with van der Waals surface area (Å²) in [7, 11) is 0. The summed E-state index contributed by atoms with van der Waals surface area (Å²) < 4.78 is 0. The fourth-order valence-electron chi connectivity index (χ4n) is 4.20. The molecule has 3 rings (SSSR count). The Balaban J connectivity index is 1.64. The number of likely N-dealkylation sites (tertiary alicyclic amines) is 1. The molecule has 22 heavy (non-hydrogen) atoms. The van der Waals surface area contributed by atoms with E-state index in [0.29, 0.717) is 12.1 Å². The van der Waals surface area contributed by atoms with Crippen LogP contribution >= 0.6 is 0 Å². The highest BCUT2D eigenvalue weighted by molar-refractivity contribution is 6.08. The second-order valence-corrected chi connectivity index (χ2v) is 7.45. The summed E-state index contributed by atoms with van der Waals surface area (Å²) in [6.45, 7) is 2.99. The number of carbonyl (C=O) groups excluding carboxylic acids is 2. The van der Waals surface area contributed by atoms with Crippen molar-refractivity contribution in [2.24, 2.45) is 5.41 Å². The maximum atomic E-state index is 13.0. The Labute approximate surface area is 134 Å². The molecule has 0 bridgehead atoms. The Morgan fingerprint density at radius 2 is 1.73 bits per heavy atom. The van der Waals surface area contributed by atoms with Gasteiger partial charge in [-0.1, -0.05) is 26.2 Å². The fourth-order valence-corrected chi connectivity index (χ4v) is 4.20. The summed E-state index contributed by atoms with van der Waals surface area (Å²) in [5, 5.41) is 3.19. The van der Waals surface area contributed by atoms with Crippen molar-refractivity contribution in [2.75, 3.05) is 6.54 Å². The summed E-state index contributed by atoms with van der Waals surface area (Å²) in [6.07, 6.45) is 11.7. The van der Waals surface area contributed by atoms with E-state index >= 15 is 0 Å². The van der Waals surface area contributed by atoms with Crippen LogP contribution in [0.1, 0.15) is 77.6 Å². The topological polar surface area (TPSA) is 49.4 Å². The van der Waals surface area contributed by atoms with Gasteiger partial charge in [0, 0.05) is 18.6 Å². The van der Waals surface area contributed by atoms with Gasteiger partial charge in [-0.3, -0.25) is 9.59 Å². The van der Waals surface area contributed by atoms with E-state index in [2.05, 4.69) is 12.2 Å². The molecule has 1 unspecified atom stereocenters. The SMILES string of the molecule is CCC1CCCCN1C(=O)C1(C(=O)NC2CCCCC2)CC1. The maximum Gasteiger partial charge on any atom is 0.238 e. The molecule has 0 aromatic carbocycles. The first kappa shape index (κ1) is 15.8. The van der Waals surface area contributed by atoms with Crippen LogP contribution in [0.4, 0.5) is 0 Å². The van der Waals surface area contributed by atoms with Crippen molar-refractivity contribution in [2.45, 2.75) is 89.6 Å². The van der Waals surface area contributed by atoms with Gasteiger partial charge in [0.1, 0.15) is 5.41 Å². The molecular weight excluding hydrogens is 276 g/mol. The van der Waals surface area contributed by atoms with Crippen LogP contribution in [0.5, 0.6) is 0 Å². The lowest BCUT2D eigenvalue weighted by Gasteiger charge is -2.37. The standard InChI is InChI=1S/C18H30N2O2/c1-2-15-10-6-7-13-20(15)17(22)18(11-12-18)16(21)19-14-8-4-3-5-9-14/h14-15H,2-13H2,1H3,(H,19,21). The van der Waals surface area contributed by atoms with Gasteiger partial charge in [-0.05, 0) is 51.4 Å². The molecular formula is C18H30N2O2. The van der Waals surface area contributed by atoms with Crippen LogP contribution in [-0.4, -0.2) is 35.3 Å². The van der Waals surface area contributed by atoms with Crippen molar-refractivity contribution >= 4 is 11.8 Å². The van der Waals surface area contributed by atoms with Crippen LogP contribution in [-0.2, 0) is 9.59 Å². The lowest BCUT2D eigenvalue weighted by atomic mass is 9.93. The van der Waals surface area contributed by atoms with E-state index in [1.165, 1.54) is 25.7 Å². The second-order valence-electron chi connectivity index (χ2n) is 7.45. The molecule has 0 spiro atoms. The van der Waals surface area contributed by atoms with Gasteiger partial charge in [0.2, 0.25) is 11.8 Å². The van der Waals surface area contributed by atoms with Crippen LogP contribution in [0.3, 0.4) is 0 Å².